The highest BCUT2D eigenvalue weighted by molar-refractivity contribution is 7.39. The summed E-state index contributed by atoms with van der Waals surface area (Å²) in [5.41, 5.74) is 0.150. The molecule has 0 aromatic heterocycles. The van der Waals surface area contributed by atoms with Crippen LogP contribution in [0, 0.1) is 5.41 Å². The van der Waals surface area contributed by atoms with Crippen molar-refractivity contribution in [2.24, 2.45) is 5.41 Å². The van der Waals surface area contributed by atoms with E-state index >= 15 is 0 Å². The third-order valence-electron chi connectivity index (χ3n) is 0.793. The molecule has 0 bridgehead atoms. The van der Waals surface area contributed by atoms with E-state index in [2.05, 4.69) is 35.3 Å². The molecule has 1 amide bonds. The predicted octanol–water partition coefficient (Wildman–Crippen LogP) is 1.62. The van der Waals surface area contributed by atoms with Gasteiger partial charge in [-0.2, -0.15) is 0 Å². The van der Waals surface area contributed by atoms with Crippen LogP contribution < -0.4 is 5.32 Å². The van der Waals surface area contributed by atoms with Gasteiger partial charge in [0.25, 0.3) is 0 Å². The van der Waals surface area contributed by atoms with Crippen LogP contribution in [0.1, 0.15) is 20.8 Å². The molecule has 9 heavy (non-hydrogen) atoms. The van der Waals surface area contributed by atoms with Crippen molar-refractivity contribution in [2.45, 2.75) is 20.8 Å². The number of amides is 1. The van der Waals surface area contributed by atoms with Crippen molar-refractivity contribution >= 4 is 14.9 Å². The molecule has 0 aromatic rings. The van der Waals surface area contributed by atoms with Crippen molar-refractivity contribution < 1.29 is 4.79 Å². The van der Waals surface area contributed by atoms with Gasteiger partial charge in [0, 0.05) is 6.54 Å². The maximum Gasteiger partial charge on any atom is 0.234 e. The highest BCUT2D eigenvalue weighted by atomic mass is 31.0. The topological polar surface area (TPSA) is 29.1 Å². The van der Waals surface area contributed by atoms with Crippen molar-refractivity contribution in [1.82, 2.24) is 5.32 Å². The van der Waals surface area contributed by atoms with E-state index in [4.69, 9.17) is 0 Å². The minimum absolute atomic E-state index is 0.0371. The minimum atomic E-state index is -0.0371. The fourth-order valence-corrected chi connectivity index (χ4v) is 0.454. The van der Waals surface area contributed by atoms with Gasteiger partial charge in [-0.3, -0.25) is 4.79 Å². The Morgan fingerprint density at radius 3 is 2.11 bits per heavy atom. The lowest BCUT2D eigenvalue weighted by molar-refractivity contribution is 0.255. The second-order valence-electron chi connectivity index (χ2n) is 3.28. The molecule has 0 radical (unpaired) electrons. The van der Waals surface area contributed by atoms with Crippen molar-refractivity contribution in [3.63, 3.8) is 0 Å². The van der Waals surface area contributed by atoms with Gasteiger partial charge in [0.1, 0.15) is 0 Å². The summed E-state index contributed by atoms with van der Waals surface area (Å²) in [4.78, 5) is 10.3. The van der Waals surface area contributed by atoms with Crippen LogP contribution >= 0.6 is 9.24 Å². The Morgan fingerprint density at radius 1 is 1.56 bits per heavy atom. The van der Waals surface area contributed by atoms with Gasteiger partial charge in [-0.25, -0.2) is 0 Å². The second-order valence-corrected chi connectivity index (χ2v) is 3.80. The average molecular weight is 147 g/mol. The summed E-state index contributed by atoms with van der Waals surface area (Å²) in [6.45, 7) is 6.96. The molecule has 0 fully saturated rings. The molecule has 1 atom stereocenters. The molecule has 0 rings (SSSR count). The quantitative estimate of drug-likeness (QED) is 0.561. The molecule has 0 saturated carbocycles. The average Bonchev–Trinajstić information content (AvgIpc) is 1.59. The summed E-state index contributed by atoms with van der Waals surface area (Å²) in [6.07, 6.45) is 0. The van der Waals surface area contributed by atoms with E-state index in [1.54, 1.807) is 0 Å². The van der Waals surface area contributed by atoms with Crippen molar-refractivity contribution in [2.75, 3.05) is 6.54 Å². The number of carbonyl (C=O) groups excluding carboxylic acids is 1. The van der Waals surface area contributed by atoms with Gasteiger partial charge < -0.3 is 5.32 Å². The number of hydrogen-bond acceptors (Lipinski definition) is 1. The van der Waals surface area contributed by atoms with Gasteiger partial charge >= 0.3 is 0 Å². The Hall–Kier alpha value is -0.100. The molecule has 0 heterocycles. The lowest BCUT2D eigenvalue weighted by Crippen LogP contribution is -2.28. The van der Waals surface area contributed by atoms with Crippen molar-refractivity contribution in [3.05, 3.63) is 0 Å². The Bertz CT molecular complexity index is 106. The number of hydrogen-bond donors (Lipinski definition) is 1. The molecule has 1 unspecified atom stereocenters. The summed E-state index contributed by atoms with van der Waals surface area (Å²) in [7, 11) is 2.09. The van der Waals surface area contributed by atoms with E-state index in [9.17, 15) is 4.79 Å². The SMILES string of the molecule is CC(C)(C)CNC(=O)P. The van der Waals surface area contributed by atoms with Crippen LogP contribution in [0.5, 0.6) is 0 Å². The van der Waals surface area contributed by atoms with Crippen molar-refractivity contribution in [3.8, 4) is 0 Å². The maximum atomic E-state index is 10.3. The fourth-order valence-electron chi connectivity index (χ4n) is 0.352. The van der Waals surface area contributed by atoms with Crippen LogP contribution in [-0.4, -0.2) is 12.2 Å². The zero-order chi connectivity index (χ0) is 7.49. The standard InChI is InChI=1S/C6H14NOP/c1-6(2,3)4-7-5(8)9/h4,9H2,1-3H3,(H,7,8). The number of rotatable bonds is 1. The second kappa shape index (κ2) is 3.17. The minimum Gasteiger partial charge on any atom is -0.352 e. The van der Waals surface area contributed by atoms with Crippen LogP contribution in [0.2, 0.25) is 0 Å². The van der Waals surface area contributed by atoms with E-state index < -0.39 is 0 Å². The van der Waals surface area contributed by atoms with Crippen molar-refractivity contribution in [1.29, 1.82) is 0 Å². The molecular weight excluding hydrogens is 133 g/mol. The first-order valence-electron chi connectivity index (χ1n) is 2.95. The van der Waals surface area contributed by atoms with Crippen LogP contribution in [0.4, 0.5) is 4.79 Å². The summed E-state index contributed by atoms with van der Waals surface area (Å²) in [6, 6.07) is 0. The molecule has 54 valence electrons. The number of carbonyl (C=O) groups is 1. The van der Waals surface area contributed by atoms with E-state index in [-0.39, 0.29) is 11.1 Å². The Kier molecular flexibility index (Phi) is 3.13. The van der Waals surface area contributed by atoms with E-state index in [0.29, 0.717) is 0 Å². The van der Waals surface area contributed by atoms with Gasteiger partial charge in [-0.1, -0.05) is 20.8 Å². The molecule has 1 N–H and O–H groups in total. The smallest absolute Gasteiger partial charge is 0.234 e. The van der Waals surface area contributed by atoms with Crippen LogP contribution in [0.3, 0.4) is 0 Å². The van der Waals surface area contributed by atoms with Crippen LogP contribution in [-0.2, 0) is 0 Å². The first kappa shape index (κ1) is 8.90. The molecular formula is C6H14NOP. The van der Waals surface area contributed by atoms with Gasteiger partial charge in [0.05, 0.1) is 0 Å². The lowest BCUT2D eigenvalue weighted by atomic mass is 9.97. The highest BCUT2D eigenvalue weighted by Gasteiger charge is 2.09. The lowest BCUT2D eigenvalue weighted by Gasteiger charge is -2.17. The van der Waals surface area contributed by atoms with Gasteiger partial charge in [0.15, 0.2) is 0 Å². The van der Waals surface area contributed by atoms with Crippen LogP contribution in [0.15, 0.2) is 0 Å². The van der Waals surface area contributed by atoms with E-state index in [0.717, 1.165) is 6.54 Å². The first-order chi connectivity index (χ1) is 3.92. The maximum absolute atomic E-state index is 10.3. The summed E-state index contributed by atoms with van der Waals surface area (Å²) in [5, 5.41) is 2.71. The first-order valence-corrected chi connectivity index (χ1v) is 3.53. The summed E-state index contributed by atoms with van der Waals surface area (Å²) >= 11 is 0. The largest absolute Gasteiger partial charge is 0.352 e. The third kappa shape index (κ3) is 7.90. The Morgan fingerprint density at radius 2 is 2.00 bits per heavy atom. The monoisotopic (exact) mass is 147 g/mol. The zero-order valence-corrected chi connectivity index (χ0v) is 7.35. The number of nitrogens with one attached hydrogen (secondary N) is 1. The molecule has 0 saturated heterocycles. The summed E-state index contributed by atoms with van der Waals surface area (Å²) < 4.78 is 0. The van der Waals surface area contributed by atoms with Gasteiger partial charge in [0.2, 0.25) is 5.65 Å². The Labute approximate surface area is 58.6 Å². The van der Waals surface area contributed by atoms with E-state index in [1.165, 1.54) is 0 Å². The molecule has 3 heteroatoms. The molecule has 0 spiro atoms. The van der Waals surface area contributed by atoms with Gasteiger partial charge in [-0.05, 0) is 14.7 Å². The fraction of sp³-hybridized carbons (Fsp3) is 0.833. The normalized spacial score (nSPS) is 11.1. The molecule has 2 nitrogen and oxygen atoms in total. The van der Waals surface area contributed by atoms with Gasteiger partial charge in [-0.15, -0.1) is 0 Å². The molecule has 0 aliphatic carbocycles. The van der Waals surface area contributed by atoms with E-state index in [1.807, 2.05) is 0 Å². The zero-order valence-electron chi connectivity index (χ0n) is 6.19. The Balaban J connectivity index is 3.39. The van der Waals surface area contributed by atoms with Crippen LogP contribution in [0.25, 0.3) is 0 Å². The predicted molar refractivity (Wildman–Crippen MR) is 42.6 cm³/mol. The molecule has 0 aliphatic heterocycles. The summed E-state index contributed by atoms with van der Waals surface area (Å²) in [5.74, 6) is 0. The molecule has 0 aliphatic rings. The highest BCUT2D eigenvalue weighted by Crippen LogP contribution is 2.10. The molecule has 0 aromatic carbocycles. The third-order valence-corrected chi connectivity index (χ3v) is 0.997.